The molecule has 0 spiro atoms. The lowest BCUT2D eigenvalue weighted by Gasteiger charge is -2.24. The van der Waals surface area contributed by atoms with Crippen molar-refractivity contribution in [3.63, 3.8) is 0 Å². The fourth-order valence-corrected chi connectivity index (χ4v) is 6.97. The zero-order valence-corrected chi connectivity index (χ0v) is 39.5. The summed E-state index contributed by atoms with van der Waals surface area (Å²) in [5.41, 5.74) is 0. The molecule has 0 aromatic heterocycles. The third-order valence-corrected chi connectivity index (χ3v) is 10.7. The zero-order chi connectivity index (χ0) is 44.5. The summed E-state index contributed by atoms with van der Waals surface area (Å²) in [6.45, 7) is 6.27. The van der Waals surface area contributed by atoms with Crippen molar-refractivity contribution in [2.45, 2.75) is 232 Å². The SMILES string of the molecule is CC/C=C/C=C/C=C\C=C/CCCC(CC(=O)NC(CO)C(O)CCCCCCCCCCCCCCCC)OC(=O)CCC/C=C\C/C=C\C/C=C\C/C=C\CCCCC. The van der Waals surface area contributed by atoms with Crippen molar-refractivity contribution in [1.82, 2.24) is 5.32 Å². The molecule has 61 heavy (non-hydrogen) atoms. The Morgan fingerprint density at radius 1 is 0.508 bits per heavy atom. The van der Waals surface area contributed by atoms with Gasteiger partial charge < -0.3 is 20.3 Å². The summed E-state index contributed by atoms with van der Waals surface area (Å²) in [6.07, 6.45) is 63.3. The van der Waals surface area contributed by atoms with Crippen molar-refractivity contribution in [2.75, 3.05) is 6.61 Å². The second-order valence-electron chi connectivity index (χ2n) is 16.6. The molecule has 3 atom stereocenters. The van der Waals surface area contributed by atoms with Gasteiger partial charge >= 0.3 is 5.97 Å². The molecular weight excluding hydrogens is 755 g/mol. The number of hydrogen-bond acceptors (Lipinski definition) is 5. The van der Waals surface area contributed by atoms with Gasteiger partial charge in [0, 0.05) is 6.42 Å². The molecule has 0 rings (SSSR count). The maximum Gasteiger partial charge on any atom is 0.306 e. The van der Waals surface area contributed by atoms with Gasteiger partial charge in [0.15, 0.2) is 0 Å². The lowest BCUT2D eigenvalue weighted by molar-refractivity contribution is -0.151. The zero-order valence-electron chi connectivity index (χ0n) is 39.5. The predicted molar refractivity (Wildman–Crippen MR) is 264 cm³/mol. The minimum atomic E-state index is -0.819. The fraction of sp³-hybridized carbons (Fsp3) is 0.673. The van der Waals surface area contributed by atoms with E-state index in [1.807, 2.05) is 36.5 Å². The molecule has 0 heterocycles. The van der Waals surface area contributed by atoms with Gasteiger partial charge in [-0.2, -0.15) is 0 Å². The molecule has 3 N–H and O–H groups in total. The average molecular weight is 848 g/mol. The van der Waals surface area contributed by atoms with Gasteiger partial charge in [0.1, 0.15) is 6.10 Å². The van der Waals surface area contributed by atoms with Crippen molar-refractivity contribution in [3.05, 3.63) is 97.2 Å². The molecule has 6 heteroatoms. The number of ether oxygens (including phenoxy) is 1. The standard InChI is InChI=1S/C55H93NO5/c1-4-7-10-13-16-19-22-24-26-27-28-30-33-36-39-42-45-48-55(60)61-51(46-43-40-37-34-31-21-18-15-12-9-6-3)49-54(59)56-52(50-57)53(58)47-44-41-38-35-32-29-25-23-20-17-14-11-8-5-2/h9,12,15-16,18-19,21,24,26,28,30-31,34,36-37,39,51-53,57-58H,4-8,10-11,13-14,17,20,22-23,25,27,29,32-33,35,38,40-50H2,1-3H3,(H,56,59)/b12-9+,18-15+,19-16-,26-24-,30-28-,31-21-,37-34-,39-36-. The van der Waals surface area contributed by atoms with Gasteiger partial charge in [-0.25, -0.2) is 0 Å². The number of aliphatic hydroxyl groups is 2. The highest BCUT2D eigenvalue weighted by atomic mass is 16.5. The van der Waals surface area contributed by atoms with E-state index in [0.717, 1.165) is 64.2 Å². The molecular formula is C55H93NO5. The second-order valence-corrected chi connectivity index (χ2v) is 16.6. The quantitative estimate of drug-likeness (QED) is 0.0246. The molecule has 348 valence electrons. The number of unbranched alkanes of at least 4 members (excludes halogenated alkanes) is 18. The minimum absolute atomic E-state index is 0.00464. The number of esters is 1. The molecule has 0 aromatic rings. The molecule has 6 nitrogen and oxygen atoms in total. The third kappa shape index (κ3) is 43.2. The molecule has 0 aliphatic carbocycles. The minimum Gasteiger partial charge on any atom is -0.462 e. The van der Waals surface area contributed by atoms with Crippen LogP contribution in [-0.4, -0.2) is 46.9 Å². The normalized spacial score (nSPS) is 14.1. The fourth-order valence-electron chi connectivity index (χ4n) is 6.97. The van der Waals surface area contributed by atoms with Crippen LogP contribution >= 0.6 is 0 Å². The van der Waals surface area contributed by atoms with Crippen LogP contribution in [0.15, 0.2) is 97.2 Å². The lowest BCUT2D eigenvalue weighted by Crippen LogP contribution is -2.46. The van der Waals surface area contributed by atoms with E-state index in [-0.39, 0.29) is 24.9 Å². The molecule has 3 unspecified atom stereocenters. The van der Waals surface area contributed by atoms with E-state index in [4.69, 9.17) is 4.74 Å². The van der Waals surface area contributed by atoms with Crippen LogP contribution in [0.25, 0.3) is 0 Å². The van der Waals surface area contributed by atoms with E-state index in [0.29, 0.717) is 25.7 Å². The van der Waals surface area contributed by atoms with Crippen molar-refractivity contribution in [3.8, 4) is 0 Å². The smallest absolute Gasteiger partial charge is 0.306 e. The van der Waals surface area contributed by atoms with Crippen molar-refractivity contribution in [1.29, 1.82) is 0 Å². The third-order valence-electron chi connectivity index (χ3n) is 10.7. The summed E-state index contributed by atoms with van der Waals surface area (Å²) in [5.74, 6) is -0.618. The number of nitrogens with one attached hydrogen (secondary N) is 1. The largest absolute Gasteiger partial charge is 0.462 e. The van der Waals surface area contributed by atoms with Crippen LogP contribution in [0.1, 0.15) is 213 Å². The number of amides is 1. The summed E-state index contributed by atoms with van der Waals surface area (Å²) in [5, 5.41) is 23.7. The van der Waals surface area contributed by atoms with Gasteiger partial charge in [-0.3, -0.25) is 9.59 Å². The number of carbonyl (C=O) groups is 2. The highest BCUT2D eigenvalue weighted by molar-refractivity contribution is 5.77. The number of aliphatic hydroxyl groups excluding tert-OH is 2. The van der Waals surface area contributed by atoms with Crippen LogP contribution in [0, 0.1) is 0 Å². The number of rotatable bonds is 43. The Hall–Kier alpha value is -3.22. The van der Waals surface area contributed by atoms with Crippen LogP contribution in [0.2, 0.25) is 0 Å². The van der Waals surface area contributed by atoms with Gasteiger partial charge in [-0.15, -0.1) is 0 Å². The summed E-state index contributed by atoms with van der Waals surface area (Å²) < 4.78 is 5.85. The van der Waals surface area contributed by atoms with E-state index in [1.165, 1.54) is 96.3 Å². The van der Waals surface area contributed by atoms with E-state index >= 15 is 0 Å². The Morgan fingerprint density at radius 3 is 1.51 bits per heavy atom. The first-order valence-corrected chi connectivity index (χ1v) is 25.0. The number of allylic oxidation sites excluding steroid dienone is 16. The van der Waals surface area contributed by atoms with Crippen molar-refractivity contribution >= 4 is 11.9 Å². The van der Waals surface area contributed by atoms with Crippen molar-refractivity contribution in [2.24, 2.45) is 0 Å². The van der Waals surface area contributed by atoms with Crippen molar-refractivity contribution < 1.29 is 24.5 Å². The first-order valence-electron chi connectivity index (χ1n) is 25.0. The van der Waals surface area contributed by atoms with Crippen LogP contribution in [0.5, 0.6) is 0 Å². The van der Waals surface area contributed by atoms with Gasteiger partial charge in [-0.1, -0.05) is 221 Å². The Morgan fingerprint density at radius 2 is 0.967 bits per heavy atom. The van der Waals surface area contributed by atoms with Gasteiger partial charge in [0.2, 0.25) is 5.91 Å². The second kappa shape index (κ2) is 47.8. The highest BCUT2D eigenvalue weighted by Crippen LogP contribution is 2.16. The topological polar surface area (TPSA) is 95.9 Å². The molecule has 0 saturated heterocycles. The van der Waals surface area contributed by atoms with E-state index in [2.05, 4.69) is 86.8 Å². The maximum atomic E-state index is 13.2. The molecule has 0 bridgehead atoms. The molecule has 0 aromatic carbocycles. The Kier molecular flexibility index (Phi) is 45.3. The van der Waals surface area contributed by atoms with Gasteiger partial charge in [0.25, 0.3) is 0 Å². The van der Waals surface area contributed by atoms with Crippen LogP contribution < -0.4 is 5.32 Å². The van der Waals surface area contributed by atoms with Crippen LogP contribution in [0.3, 0.4) is 0 Å². The summed E-state index contributed by atoms with van der Waals surface area (Å²) in [4.78, 5) is 26.0. The summed E-state index contributed by atoms with van der Waals surface area (Å²) >= 11 is 0. The first-order chi connectivity index (χ1) is 30.0. The lowest BCUT2D eigenvalue weighted by atomic mass is 10.0. The molecule has 0 fully saturated rings. The van der Waals surface area contributed by atoms with Crippen LogP contribution in [-0.2, 0) is 14.3 Å². The van der Waals surface area contributed by atoms with E-state index in [1.54, 1.807) is 0 Å². The van der Waals surface area contributed by atoms with E-state index in [9.17, 15) is 19.8 Å². The maximum absolute atomic E-state index is 13.2. The van der Waals surface area contributed by atoms with Crippen LogP contribution in [0.4, 0.5) is 0 Å². The van der Waals surface area contributed by atoms with Gasteiger partial charge in [0.05, 0.1) is 25.2 Å². The molecule has 0 radical (unpaired) electrons. The number of carbonyl (C=O) groups excluding carboxylic acids is 2. The summed E-state index contributed by atoms with van der Waals surface area (Å²) in [6, 6.07) is -0.738. The summed E-state index contributed by atoms with van der Waals surface area (Å²) in [7, 11) is 0. The first kappa shape index (κ1) is 57.8. The molecule has 0 aliphatic heterocycles. The predicted octanol–water partition coefficient (Wildman–Crippen LogP) is 14.9. The molecule has 1 amide bonds. The number of hydrogen-bond donors (Lipinski definition) is 3. The molecule has 0 aliphatic rings. The highest BCUT2D eigenvalue weighted by Gasteiger charge is 2.24. The van der Waals surface area contributed by atoms with Gasteiger partial charge in [-0.05, 0) is 77.0 Å². The Labute approximate surface area is 376 Å². The molecule has 0 saturated carbocycles. The Balaban J connectivity index is 4.71. The Bertz CT molecular complexity index is 1220. The monoisotopic (exact) mass is 848 g/mol. The average Bonchev–Trinajstić information content (AvgIpc) is 3.25. The van der Waals surface area contributed by atoms with E-state index < -0.39 is 18.2 Å².